The van der Waals surface area contributed by atoms with Crippen molar-refractivity contribution in [1.82, 2.24) is 0 Å². The summed E-state index contributed by atoms with van der Waals surface area (Å²) in [5.74, 6) is -0.481. The van der Waals surface area contributed by atoms with Crippen LogP contribution in [-0.4, -0.2) is 11.8 Å². The summed E-state index contributed by atoms with van der Waals surface area (Å²) in [6, 6.07) is 19.3. The van der Waals surface area contributed by atoms with Crippen LogP contribution in [0.5, 0.6) is 0 Å². The lowest BCUT2D eigenvalue weighted by Crippen LogP contribution is -2.14. The van der Waals surface area contributed by atoms with Crippen LogP contribution >= 0.6 is 27.5 Å². The van der Waals surface area contributed by atoms with Gasteiger partial charge in [0.15, 0.2) is 0 Å². The van der Waals surface area contributed by atoms with Crippen LogP contribution in [0.2, 0.25) is 5.02 Å². The van der Waals surface area contributed by atoms with Gasteiger partial charge in [-0.2, -0.15) is 0 Å². The Morgan fingerprint density at radius 3 is 2.26 bits per heavy atom. The van der Waals surface area contributed by atoms with Gasteiger partial charge in [-0.15, -0.1) is 0 Å². The molecule has 3 aromatic carbocycles. The first-order chi connectivity index (χ1) is 12.9. The number of halogens is 2. The van der Waals surface area contributed by atoms with Crippen LogP contribution in [0.15, 0.2) is 71.2 Å². The molecular formula is C21H16BrClN2O2. The lowest BCUT2D eigenvalue weighted by Gasteiger charge is -2.12. The Hall–Kier alpha value is -2.63. The lowest BCUT2D eigenvalue weighted by atomic mass is 10.1. The van der Waals surface area contributed by atoms with E-state index in [-0.39, 0.29) is 11.8 Å². The monoisotopic (exact) mass is 442 g/mol. The fourth-order valence-corrected chi connectivity index (χ4v) is 3.01. The zero-order chi connectivity index (χ0) is 19.4. The molecule has 0 aliphatic rings. The number of amides is 2. The Bertz CT molecular complexity index is 1000. The largest absolute Gasteiger partial charge is 0.322 e. The van der Waals surface area contributed by atoms with Gasteiger partial charge < -0.3 is 10.6 Å². The van der Waals surface area contributed by atoms with E-state index in [1.54, 1.807) is 54.6 Å². The summed E-state index contributed by atoms with van der Waals surface area (Å²) < 4.78 is 0.911. The van der Waals surface area contributed by atoms with Crippen molar-refractivity contribution in [3.8, 4) is 0 Å². The highest BCUT2D eigenvalue weighted by atomic mass is 79.9. The second-order valence-corrected chi connectivity index (χ2v) is 7.25. The van der Waals surface area contributed by atoms with E-state index in [9.17, 15) is 9.59 Å². The Labute approximate surface area is 170 Å². The molecule has 0 bridgehead atoms. The van der Waals surface area contributed by atoms with Gasteiger partial charge in [0.2, 0.25) is 0 Å². The zero-order valence-electron chi connectivity index (χ0n) is 14.4. The molecule has 2 amide bonds. The number of aryl methyl sites for hydroxylation is 1. The molecule has 2 N–H and O–H groups in total. The molecule has 6 heteroatoms. The van der Waals surface area contributed by atoms with Gasteiger partial charge in [0, 0.05) is 21.4 Å². The van der Waals surface area contributed by atoms with E-state index in [0.717, 1.165) is 10.0 Å². The maximum atomic E-state index is 12.4. The van der Waals surface area contributed by atoms with E-state index in [4.69, 9.17) is 11.6 Å². The van der Waals surface area contributed by atoms with E-state index in [1.165, 1.54) is 0 Å². The summed E-state index contributed by atoms with van der Waals surface area (Å²) in [4.78, 5) is 24.7. The van der Waals surface area contributed by atoms with Crippen molar-refractivity contribution in [3.63, 3.8) is 0 Å². The molecule has 4 nitrogen and oxygen atoms in total. The molecule has 27 heavy (non-hydrogen) atoms. The van der Waals surface area contributed by atoms with Crippen molar-refractivity contribution in [3.05, 3.63) is 92.9 Å². The molecule has 0 atom stereocenters. The Morgan fingerprint density at radius 1 is 0.889 bits per heavy atom. The Balaban J connectivity index is 1.72. The van der Waals surface area contributed by atoms with E-state index < -0.39 is 0 Å². The summed E-state index contributed by atoms with van der Waals surface area (Å²) in [6.07, 6.45) is 0. The van der Waals surface area contributed by atoms with Gasteiger partial charge in [-0.05, 0) is 67.1 Å². The number of rotatable bonds is 4. The summed E-state index contributed by atoms with van der Waals surface area (Å²) in [5, 5.41) is 6.09. The number of hydrogen-bond acceptors (Lipinski definition) is 2. The van der Waals surface area contributed by atoms with Crippen molar-refractivity contribution in [2.24, 2.45) is 0 Å². The zero-order valence-corrected chi connectivity index (χ0v) is 16.8. The predicted octanol–water partition coefficient (Wildman–Crippen LogP) is 5.92. The maximum Gasteiger partial charge on any atom is 0.257 e. The number of carbonyl (C=O) groups is 2. The van der Waals surface area contributed by atoms with Crippen LogP contribution in [0.1, 0.15) is 26.3 Å². The summed E-state index contributed by atoms with van der Waals surface area (Å²) in [5.41, 5.74) is 3.10. The second-order valence-electron chi connectivity index (χ2n) is 5.92. The Kier molecular flexibility index (Phi) is 5.94. The first kappa shape index (κ1) is 19.1. The highest BCUT2D eigenvalue weighted by molar-refractivity contribution is 9.10. The smallest absolute Gasteiger partial charge is 0.257 e. The number of carbonyl (C=O) groups excluding carboxylic acids is 2. The third-order valence-electron chi connectivity index (χ3n) is 3.96. The number of benzene rings is 3. The van der Waals surface area contributed by atoms with Crippen LogP contribution in [0, 0.1) is 6.92 Å². The lowest BCUT2D eigenvalue weighted by molar-refractivity contribution is 0.101. The topological polar surface area (TPSA) is 58.2 Å². The number of anilines is 2. The van der Waals surface area contributed by atoms with Crippen LogP contribution < -0.4 is 10.6 Å². The first-order valence-electron chi connectivity index (χ1n) is 8.17. The molecular weight excluding hydrogens is 428 g/mol. The summed E-state index contributed by atoms with van der Waals surface area (Å²) in [7, 11) is 0. The molecule has 0 spiro atoms. The van der Waals surface area contributed by atoms with Crippen molar-refractivity contribution >= 4 is 50.7 Å². The molecule has 0 fully saturated rings. The Morgan fingerprint density at radius 2 is 1.59 bits per heavy atom. The minimum atomic E-state index is -0.282. The van der Waals surface area contributed by atoms with Crippen LogP contribution in [0.4, 0.5) is 11.4 Å². The van der Waals surface area contributed by atoms with Gasteiger partial charge in [-0.1, -0.05) is 39.7 Å². The first-order valence-corrected chi connectivity index (χ1v) is 9.34. The number of nitrogens with one attached hydrogen (secondary N) is 2. The summed E-state index contributed by atoms with van der Waals surface area (Å²) >= 11 is 9.41. The van der Waals surface area contributed by atoms with E-state index in [0.29, 0.717) is 27.5 Å². The highest BCUT2D eigenvalue weighted by Crippen LogP contribution is 2.23. The minimum absolute atomic E-state index is 0.199. The van der Waals surface area contributed by atoms with Gasteiger partial charge in [-0.25, -0.2) is 0 Å². The van der Waals surface area contributed by atoms with Gasteiger partial charge in [0.05, 0.1) is 10.6 Å². The fraction of sp³-hybridized carbons (Fsp3) is 0.0476. The van der Waals surface area contributed by atoms with Crippen LogP contribution in [0.25, 0.3) is 0 Å². The SMILES string of the molecule is Cc1cc(NC(=O)c2ccc(Br)cc2)ccc1NC(=O)c1ccccc1Cl. The van der Waals surface area contributed by atoms with Gasteiger partial charge in [-0.3, -0.25) is 9.59 Å². The number of hydrogen-bond donors (Lipinski definition) is 2. The third kappa shape index (κ3) is 4.76. The molecule has 0 heterocycles. The highest BCUT2D eigenvalue weighted by Gasteiger charge is 2.12. The average molecular weight is 444 g/mol. The van der Waals surface area contributed by atoms with Crippen molar-refractivity contribution < 1.29 is 9.59 Å². The standard InChI is InChI=1S/C21H16BrClN2O2/c1-13-12-16(24-20(26)14-6-8-15(22)9-7-14)10-11-19(13)25-21(27)17-4-2-3-5-18(17)23/h2-12H,1H3,(H,24,26)(H,25,27). The second kappa shape index (κ2) is 8.37. The normalized spacial score (nSPS) is 10.3. The minimum Gasteiger partial charge on any atom is -0.322 e. The molecule has 3 rings (SSSR count). The molecule has 136 valence electrons. The third-order valence-corrected chi connectivity index (χ3v) is 4.82. The van der Waals surface area contributed by atoms with Crippen molar-refractivity contribution in [2.45, 2.75) is 6.92 Å². The van der Waals surface area contributed by atoms with E-state index in [2.05, 4.69) is 26.6 Å². The van der Waals surface area contributed by atoms with Gasteiger partial charge >= 0.3 is 0 Å². The quantitative estimate of drug-likeness (QED) is 0.526. The van der Waals surface area contributed by atoms with E-state index in [1.807, 2.05) is 19.1 Å². The van der Waals surface area contributed by atoms with Crippen molar-refractivity contribution in [2.75, 3.05) is 10.6 Å². The van der Waals surface area contributed by atoms with Crippen LogP contribution in [-0.2, 0) is 0 Å². The molecule has 0 saturated heterocycles. The molecule has 0 radical (unpaired) electrons. The van der Waals surface area contributed by atoms with Crippen LogP contribution in [0.3, 0.4) is 0 Å². The van der Waals surface area contributed by atoms with Gasteiger partial charge in [0.25, 0.3) is 11.8 Å². The van der Waals surface area contributed by atoms with E-state index >= 15 is 0 Å². The summed E-state index contributed by atoms with van der Waals surface area (Å²) in [6.45, 7) is 1.86. The molecule has 0 aromatic heterocycles. The molecule has 3 aromatic rings. The molecule has 0 unspecified atom stereocenters. The fourth-order valence-electron chi connectivity index (χ4n) is 2.52. The molecule has 0 saturated carbocycles. The molecule has 0 aliphatic carbocycles. The predicted molar refractivity (Wildman–Crippen MR) is 113 cm³/mol. The average Bonchev–Trinajstić information content (AvgIpc) is 2.64. The van der Waals surface area contributed by atoms with Gasteiger partial charge in [0.1, 0.15) is 0 Å². The molecule has 0 aliphatic heterocycles. The van der Waals surface area contributed by atoms with Crippen molar-refractivity contribution in [1.29, 1.82) is 0 Å². The maximum absolute atomic E-state index is 12.4.